The molecule has 0 fully saturated rings. The van der Waals surface area contributed by atoms with Crippen LogP contribution in [0.4, 0.5) is 0 Å². The number of nitrogens with two attached hydrogens (primary N) is 1. The minimum atomic E-state index is -0.0473. The van der Waals surface area contributed by atoms with Crippen molar-refractivity contribution in [3.63, 3.8) is 0 Å². The molecule has 0 amide bonds. The lowest BCUT2D eigenvalue weighted by molar-refractivity contribution is 0.717. The van der Waals surface area contributed by atoms with E-state index in [2.05, 4.69) is 16.0 Å². The molecular formula is C12H11N5. The molecule has 2 heterocycles. The SMILES string of the molecule is C#CCn1cc(C(=N)N)c(-c2ccccn2)n1. The van der Waals surface area contributed by atoms with E-state index >= 15 is 0 Å². The fourth-order valence-corrected chi connectivity index (χ4v) is 1.49. The molecule has 5 nitrogen and oxygen atoms in total. The number of amidine groups is 1. The first-order chi connectivity index (χ1) is 8.22. The number of terminal acetylenes is 1. The molecule has 0 atom stereocenters. The highest BCUT2D eigenvalue weighted by Crippen LogP contribution is 2.18. The van der Waals surface area contributed by atoms with Crippen LogP contribution in [0.2, 0.25) is 0 Å². The van der Waals surface area contributed by atoms with Gasteiger partial charge in [0.1, 0.15) is 18.1 Å². The molecule has 17 heavy (non-hydrogen) atoms. The molecule has 2 aromatic heterocycles. The van der Waals surface area contributed by atoms with Crippen LogP contribution in [0.15, 0.2) is 30.6 Å². The Bertz CT molecular complexity index is 577. The predicted molar refractivity (Wildman–Crippen MR) is 65.3 cm³/mol. The number of pyridine rings is 1. The molecule has 0 bridgehead atoms. The Morgan fingerprint density at radius 3 is 2.94 bits per heavy atom. The van der Waals surface area contributed by atoms with E-state index in [1.807, 2.05) is 18.2 Å². The maximum atomic E-state index is 7.52. The van der Waals surface area contributed by atoms with Gasteiger partial charge >= 0.3 is 0 Å². The number of hydrogen-bond donors (Lipinski definition) is 2. The quantitative estimate of drug-likeness (QED) is 0.462. The van der Waals surface area contributed by atoms with Gasteiger partial charge in [0.15, 0.2) is 0 Å². The van der Waals surface area contributed by atoms with Gasteiger partial charge in [0, 0.05) is 12.4 Å². The van der Waals surface area contributed by atoms with Crippen LogP contribution in [0.1, 0.15) is 5.56 Å². The Balaban J connectivity index is 2.53. The molecule has 5 heteroatoms. The lowest BCUT2D eigenvalue weighted by atomic mass is 10.2. The Hall–Kier alpha value is -2.61. The van der Waals surface area contributed by atoms with E-state index in [0.717, 1.165) is 0 Å². The van der Waals surface area contributed by atoms with Gasteiger partial charge in [0.05, 0.1) is 11.3 Å². The van der Waals surface area contributed by atoms with Crippen molar-refractivity contribution in [2.24, 2.45) is 5.73 Å². The van der Waals surface area contributed by atoms with Crippen molar-refractivity contribution in [3.05, 3.63) is 36.2 Å². The number of nitrogens with zero attached hydrogens (tertiary/aromatic N) is 3. The molecule has 3 N–H and O–H groups in total. The van der Waals surface area contributed by atoms with Gasteiger partial charge in [-0.3, -0.25) is 15.1 Å². The first-order valence-corrected chi connectivity index (χ1v) is 4.99. The van der Waals surface area contributed by atoms with E-state index in [-0.39, 0.29) is 5.84 Å². The van der Waals surface area contributed by atoms with Crippen LogP contribution in [0.5, 0.6) is 0 Å². The standard InChI is InChI=1S/C12H11N5/c1-2-7-17-8-9(12(13)14)11(16-17)10-5-3-4-6-15-10/h1,3-6,8H,7H2,(H3,13,14). The van der Waals surface area contributed by atoms with Crippen LogP contribution in [0.3, 0.4) is 0 Å². The molecule has 0 radical (unpaired) electrons. The molecule has 0 aromatic carbocycles. The Morgan fingerprint density at radius 1 is 1.53 bits per heavy atom. The maximum absolute atomic E-state index is 7.52. The van der Waals surface area contributed by atoms with Crippen molar-refractivity contribution >= 4 is 5.84 Å². The molecule has 0 unspecified atom stereocenters. The molecule has 2 aromatic rings. The summed E-state index contributed by atoms with van der Waals surface area (Å²) >= 11 is 0. The van der Waals surface area contributed by atoms with Crippen molar-refractivity contribution in [2.75, 3.05) is 0 Å². The van der Waals surface area contributed by atoms with E-state index in [9.17, 15) is 0 Å². The molecule has 0 aliphatic carbocycles. The summed E-state index contributed by atoms with van der Waals surface area (Å²) < 4.78 is 1.57. The third-order valence-corrected chi connectivity index (χ3v) is 2.21. The van der Waals surface area contributed by atoms with Crippen molar-refractivity contribution in [3.8, 4) is 23.7 Å². The van der Waals surface area contributed by atoms with Gasteiger partial charge < -0.3 is 5.73 Å². The monoisotopic (exact) mass is 225 g/mol. The average molecular weight is 225 g/mol. The summed E-state index contributed by atoms with van der Waals surface area (Å²) in [6.07, 6.45) is 8.55. The Kier molecular flexibility index (Phi) is 2.88. The van der Waals surface area contributed by atoms with Gasteiger partial charge in [0.2, 0.25) is 0 Å². The van der Waals surface area contributed by atoms with Crippen molar-refractivity contribution in [2.45, 2.75) is 6.54 Å². The second-order valence-electron chi connectivity index (χ2n) is 3.42. The second kappa shape index (κ2) is 4.49. The van der Waals surface area contributed by atoms with Crippen molar-refractivity contribution in [1.82, 2.24) is 14.8 Å². The molecule has 0 spiro atoms. The van der Waals surface area contributed by atoms with Crippen molar-refractivity contribution < 1.29 is 0 Å². The zero-order valence-electron chi connectivity index (χ0n) is 9.09. The van der Waals surface area contributed by atoms with Crippen LogP contribution in [-0.4, -0.2) is 20.6 Å². The van der Waals surface area contributed by atoms with E-state index in [1.165, 1.54) is 0 Å². The highest BCUT2D eigenvalue weighted by molar-refractivity contribution is 6.00. The molecule has 2 rings (SSSR count). The van der Waals surface area contributed by atoms with Gasteiger partial charge in [-0.05, 0) is 12.1 Å². The van der Waals surface area contributed by atoms with Crippen LogP contribution in [-0.2, 0) is 6.54 Å². The Labute approximate surface area is 98.8 Å². The fraction of sp³-hybridized carbons (Fsp3) is 0.0833. The van der Waals surface area contributed by atoms with Crippen LogP contribution in [0, 0.1) is 17.8 Å². The number of nitrogens with one attached hydrogen (secondary N) is 1. The topological polar surface area (TPSA) is 80.6 Å². The summed E-state index contributed by atoms with van der Waals surface area (Å²) in [5.41, 5.74) is 7.30. The summed E-state index contributed by atoms with van der Waals surface area (Å²) in [6.45, 7) is 0.340. The number of hydrogen-bond acceptors (Lipinski definition) is 3. The summed E-state index contributed by atoms with van der Waals surface area (Å²) in [5.74, 6) is 2.44. The zero-order chi connectivity index (χ0) is 12.3. The van der Waals surface area contributed by atoms with Gasteiger partial charge in [-0.2, -0.15) is 5.10 Å². The largest absolute Gasteiger partial charge is 0.384 e. The highest BCUT2D eigenvalue weighted by Gasteiger charge is 2.13. The van der Waals surface area contributed by atoms with Crippen LogP contribution in [0.25, 0.3) is 11.4 Å². The number of rotatable bonds is 3. The van der Waals surface area contributed by atoms with Gasteiger partial charge in [0.25, 0.3) is 0 Å². The molecule has 0 aliphatic heterocycles. The van der Waals surface area contributed by atoms with Gasteiger partial charge in [-0.25, -0.2) is 0 Å². The number of nitrogen functional groups attached to an aromatic ring is 1. The van der Waals surface area contributed by atoms with E-state index < -0.39 is 0 Å². The second-order valence-corrected chi connectivity index (χ2v) is 3.42. The zero-order valence-corrected chi connectivity index (χ0v) is 9.09. The third-order valence-electron chi connectivity index (χ3n) is 2.21. The number of aromatic nitrogens is 3. The molecular weight excluding hydrogens is 214 g/mol. The van der Waals surface area contributed by atoms with Crippen LogP contribution >= 0.6 is 0 Å². The lowest BCUT2D eigenvalue weighted by Crippen LogP contribution is -2.11. The van der Waals surface area contributed by atoms with Gasteiger partial charge in [-0.1, -0.05) is 12.0 Å². The minimum Gasteiger partial charge on any atom is -0.384 e. The van der Waals surface area contributed by atoms with Crippen LogP contribution < -0.4 is 5.73 Å². The maximum Gasteiger partial charge on any atom is 0.126 e. The summed E-state index contributed by atoms with van der Waals surface area (Å²) in [7, 11) is 0. The summed E-state index contributed by atoms with van der Waals surface area (Å²) in [6, 6.07) is 5.48. The highest BCUT2D eigenvalue weighted by atomic mass is 15.3. The smallest absolute Gasteiger partial charge is 0.126 e. The average Bonchev–Trinajstić information content (AvgIpc) is 2.75. The van der Waals surface area contributed by atoms with E-state index in [1.54, 1.807) is 17.1 Å². The van der Waals surface area contributed by atoms with E-state index in [0.29, 0.717) is 23.5 Å². The summed E-state index contributed by atoms with van der Waals surface area (Å²) in [4.78, 5) is 4.19. The third kappa shape index (κ3) is 2.16. The molecule has 84 valence electrons. The van der Waals surface area contributed by atoms with Crippen molar-refractivity contribution in [1.29, 1.82) is 5.41 Å². The molecule has 0 aliphatic rings. The summed E-state index contributed by atoms with van der Waals surface area (Å²) in [5, 5.41) is 11.8. The fourth-order valence-electron chi connectivity index (χ4n) is 1.49. The predicted octanol–water partition coefficient (Wildman–Crippen LogP) is 0.862. The van der Waals surface area contributed by atoms with Gasteiger partial charge in [-0.15, -0.1) is 6.42 Å². The van der Waals surface area contributed by atoms with E-state index in [4.69, 9.17) is 17.6 Å². The molecule has 0 saturated carbocycles. The minimum absolute atomic E-state index is 0.0473. The Morgan fingerprint density at radius 2 is 2.35 bits per heavy atom. The normalized spacial score (nSPS) is 9.82. The first kappa shape index (κ1) is 10.9. The lowest BCUT2D eigenvalue weighted by Gasteiger charge is -1.98. The first-order valence-electron chi connectivity index (χ1n) is 4.99. The molecule has 0 saturated heterocycles.